The zero-order chi connectivity index (χ0) is 11.9. The van der Waals surface area contributed by atoms with E-state index in [9.17, 15) is 9.90 Å². The number of carbonyl (C=O) groups is 1. The smallest absolute Gasteiger partial charge is 0.325 e. The summed E-state index contributed by atoms with van der Waals surface area (Å²) in [6.45, 7) is 4.34. The van der Waals surface area contributed by atoms with E-state index in [4.69, 9.17) is 4.74 Å². The van der Waals surface area contributed by atoms with Crippen LogP contribution >= 0.6 is 15.9 Å². The molecule has 2 unspecified atom stereocenters. The van der Waals surface area contributed by atoms with Crippen molar-refractivity contribution >= 4 is 21.9 Å². The molecule has 0 aliphatic heterocycles. The Hall–Kier alpha value is -0.130. The summed E-state index contributed by atoms with van der Waals surface area (Å²) in [7, 11) is 1.28. The van der Waals surface area contributed by atoms with Gasteiger partial charge in [-0.3, -0.25) is 4.79 Å². The normalized spacial score (nSPS) is 16.9. The number of aliphatic hydroxyl groups excluding tert-OH is 1. The van der Waals surface area contributed by atoms with Crippen molar-refractivity contribution in [3.05, 3.63) is 0 Å². The number of ether oxygens (including phenoxy) is 2. The lowest BCUT2D eigenvalue weighted by Gasteiger charge is -2.25. The number of carbonyl (C=O) groups excluding carboxylic acids is 1. The fourth-order valence-electron chi connectivity index (χ4n) is 0.933. The van der Waals surface area contributed by atoms with Crippen LogP contribution in [0, 0.1) is 0 Å². The summed E-state index contributed by atoms with van der Waals surface area (Å²) in [6, 6.07) is 0. The van der Waals surface area contributed by atoms with Crippen LogP contribution in [0.3, 0.4) is 0 Å². The summed E-state index contributed by atoms with van der Waals surface area (Å²) in [4.78, 5) is 11.3. The molecule has 0 spiro atoms. The van der Waals surface area contributed by atoms with Crippen molar-refractivity contribution in [2.75, 3.05) is 20.3 Å². The quantitative estimate of drug-likeness (QED) is 0.437. The van der Waals surface area contributed by atoms with Crippen molar-refractivity contribution in [3.63, 3.8) is 0 Å². The van der Waals surface area contributed by atoms with Gasteiger partial charge >= 0.3 is 5.97 Å². The molecule has 1 N–H and O–H groups in total. The van der Waals surface area contributed by atoms with Gasteiger partial charge in [-0.05, 0) is 13.3 Å². The molecule has 0 amide bonds. The average Bonchev–Trinajstić information content (AvgIpc) is 2.22. The number of rotatable bonds is 7. The highest BCUT2D eigenvalue weighted by Gasteiger charge is 2.39. The zero-order valence-electron chi connectivity index (χ0n) is 9.46. The number of halogens is 1. The molecule has 0 saturated carbocycles. The molecular weight excluding hydrogens is 264 g/mol. The summed E-state index contributed by atoms with van der Waals surface area (Å²) in [5.74, 6) is -0.505. The van der Waals surface area contributed by atoms with E-state index in [1.807, 2.05) is 0 Å². The van der Waals surface area contributed by atoms with E-state index in [-0.39, 0.29) is 6.61 Å². The molecule has 4 nitrogen and oxygen atoms in total. The number of alkyl halides is 1. The van der Waals surface area contributed by atoms with E-state index in [0.29, 0.717) is 6.61 Å². The van der Waals surface area contributed by atoms with Crippen LogP contribution in [0.4, 0.5) is 0 Å². The minimum atomic E-state index is -1.10. The molecule has 2 atom stereocenters. The van der Waals surface area contributed by atoms with E-state index in [1.54, 1.807) is 6.92 Å². The van der Waals surface area contributed by atoms with Gasteiger partial charge in [0.15, 0.2) is 0 Å². The number of hydrogen-bond donors (Lipinski definition) is 1. The predicted octanol–water partition coefficient (Wildman–Crippen LogP) is 1.49. The van der Waals surface area contributed by atoms with Crippen molar-refractivity contribution in [3.8, 4) is 0 Å². The Morgan fingerprint density at radius 2 is 2.20 bits per heavy atom. The summed E-state index contributed by atoms with van der Waals surface area (Å²) < 4.78 is 8.69. The van der Waals surface area contributed by atoms with E-state index in [2.05, 4.69) is 27.6 Å². The highest BCUT2D eigenvalue weighted by molar-refractivity contribution is 9.10. The minimum absolute atomic E-state index is 0.122. The Balaban J connectivity index is 3.96. The molecule has 0 aromatic heterocycles. The lowest BCUT2D eigenvalue weighted by atomic mass is 10.1. The first kappa shape index (κ1) is 14.9. The van der Waals surface area contributed by atoms with Gasteiger partial charge in [0.2, 0.25) is 0 Å². The SMILES string of the molecule is CCCCOCC(O)C(C)(Br)C(=O)OC. The zero-order valence-corrected chi connectivity index (χ0v) is 11.0. The third-order valence-electron chi connectivity index (χ3n) is 2.13. The second-order valence-electron chi connectivity index (χ2n) is 3.51. The number of unbranched alkanes of at least 4 members (excludes halogenated alkanes) is 1. The minimum Gasteiger partial charge on any atom is -0.468 e. The van der Waals surface area contributed by atoms with E-state index >= 15 is 0 Å². The first-order valence-corrected chi connectivity index (χ1v) is 5.79. The maximum absolute atomic E-state index is 11.3. The van der Waals surface area contributed by atoms with Gasteiger partial charge in [0, 0.05) is 6.61 Å². The maximum Gasteiger partial charge on any atom is 0.325 e. The molecule has 0 aliphatic rings. The van der Waals surface area contributed by atoms with Gasteiger partial charge in [0.25, 0.3) is 0 Å². The summed E-state index contributed by atoms with van der Waals surface area (Å²) in [5.41, 5.74) is 0. The molecule has 0 saturated heterocycles. The van der Waals surface area contributed by atoms with E-state index in [1.165, 1.54) is 7.11 Å². The summed E-state index contributed by atoms with van der Waals surface area (Å²) in [5, 5.41) is 9.71. The van der Waals surface area contributed by atoms with Crippen LogP contribution in [0.2, 0.25) is 0 Å². The summed E-state index contributed by atoms with van der Waals surface area (Å²) >= 11 is 3.14. The van der Waals surface area contributed by atoms with Crippen LogP contribution in [-0.4, -0.2) is 41.8 Å². The van der Waals surface area contributed by atoms with Crippen molar-refractivity contribution in [2.24, 2.45) is 0 Å². The van der Waals surface area contributed by atoms with Crippen LogP contribution in [0.1, 0.15) is 26.7 Å². The Morgan fingerprint density at radius 1 is 1.60 bits per heavy atom. The molecule has 0 aromatic rings. The van der Waals surface area contributed by atoms with E-state index in [0.717, 1.165) is 12.8 Å². The van der Waals surface area contributed by atoms with Crippen LogP contribution in [0.15, 0.2) is 0 Å². The van der Waals surface area contributed by atoms with Crippen LogP contribution in [0.5, 0.6) is 0 Å². The monoisotopic (exact) mass is 282 g/mol. The lowest BCUT2D eigenvalue weighted by Crippen LogP contribution is -2.44. The topological polar surface area (TPSA) is 55.8 Å². The average molecular weight is 283 g/mol. The summed E-state index contributed by atoms with van der Waals surface area (Å²) in [6.07, 6.45) is 1.07. The predicted molar refractivity (Wildman–Crippen MR) is 61.1 cm³/mol. The molecule has 0 aliphatic carbocycles. The first-order chi connectivity index (χ1) is 6.96. The van der Waals surface area contributed by atoms with Gasteiger partial charge in [0.1, 0.15) is 10.4 Å². The van der Waals surface area contributed by atoms with Gasteiger partial charge in [0.05, 0.1) is 13.7 Å². The lowest BCUT2D eigenvalue weighted by molar-refractivity contribution is -0.147. The maximum atomic E-state index is 11.3. The fraction of sp³-hybridized carbons (Fsp3) is 0.900. The molecule has 0 bridgehead atoms. The Kier molecular flexibility index (Phi) is 7.13. The van der Waals surface area contributed by atoms with Gasteiger partial charge in [-0.25, -0.2) is 0 Å². The highest BCUT2D eigenvalue weighted by atomic mass is 79.9. The number of methoxy groups -OCH3 is 1. The largest absolute Gasteiger partial charge is 0.468 e. The molecule has 90 valence electrons. The van der Waals surface area contributed by atoms with E-state index < -0.39 is 16.4 Å². The standard InChI is InChI=1S/C10H19BrO4/c1-4-5-6-15-7-8(12)10(2,11)9(13)14-3/h8,12H,4-7H2,1-3H3. The van der Waals surface area contributed by atoms with Gasteiger partial charge < -0.3 is 14.6 Å². The molecule has 0 fully saturated rings. The second kappa shape index (κ2) is 7.19. The first-order valence-electron chi connectivity index (χ1n) is 5.00. The molecule has 15 heavy (non-hydrogen) atoms. The Labute approximate surface area is 99.1 Å². The molecule has 5 heteroatoms. The fourth-order valence-corrected chi connectivity index (χ4v) is 1.23. The molecule has 0 radical (unpaired) electrons. The third-order valence-corrected chi connectivity index (χ3v) is 2.98. The third kappa shape index (κ3) is 4.95. The van der Waals surface area contributed by atoms with Crippen LogP contribution in [0.25, 0.3) is 0 Å². The molecular formula is C10H19BrO4. The number of aliphatic hydroxyl groups is 1. The Bertz CT molecular complexity index is 194. The van der Waals surface area contributed by atoms with Gasteiger partial charge in [-0.15, -0.1) is 0 Å². The second-order valence-corrected chi connectivity index (χ2v) is 5.16. The van der Waals surface area contributed by atoms with Crippen molar-refractivity contribution in [1.82, 2.24) is 0 Å². The van der Waals surface area contributed by atoms with Crippen molar-refractivity contribution < 1.29 is 19.4 Å². The molecule has 0 rings (SSSR count). The molecule has 0 heterocycles. The van der Waals surface area contributed by atoms with Crippen molar-refractivity contribution in [2.45, 2.75) is 37.1 Å². The van der Waals surface area contributed by atoms with Gasteiger partial charge in [-0.1, -0.05) is 29.3 Å². The Morgan fingerprint density at radius 3 is 2.67 bits per heavy atom. The van der Waals surface area contributed by atoms with Crippen molar-refractivity contribution in [1.29, 1.82) is 0 Å². The van der Waals surface area contributed by atoms with Crippen LogP contribution in [-0.2, 0) is 14.3 Å². The molecule has 0 aromatic carbocycles. The number of esters is 1. The van der Waals surface area contributed by atoms with Crippen LogP contribution < -0.4 is 0 Å². The van der Waals surface area contributed by atoms with Gasteiger partial charge in [-0.2, -0.15) is 0 Å². The highest BCUT2D eigenvalue weighted by Crippen LogP contribution is 2.24. The number of hydrogen-bond acceptors (Lipinski definition) is 4.